The summed E-state index contributed by atoms with van der Waals surface area (Å²) in [6.07, 6.45) is 4.70. The van der Waals surface area contributed by atoms with Gasteiger partial charge in [-0.05, 0) is 19.1 Å². The molecule has 3 rings (SSSR count). The minimum absolute atomic E-state index is 0.299. The number of thiazole rings is 1. The normalized spacial score (nSPS) is 10.2. The van der Waals surface area contributed by atoms with Crippen LogP contribution in [0.3, 0.4) is 0 Å². The van der Waals surface area contributed by atoms with Gasteiger partial charge in [0.25, 0.3) is 5.91 Å². The standard InChI is InChI=1S/C14H12N6OS/c1-9-3-2-4-12(17-9)20-13(21)11-7-22-14(19-11)18-10-5-15-8-16-6-10/h2-8H,1H3,(H,18,19)(H,17,20,21). The third-order valence-corrected chi connectivity index (χ3v) is 3.44. The molecule has 0 unspecified atom stereocenters. The zero-order valence-corrected chi connectivity index (χ0v) is 12.5. The van der Waals surface area contributed by atoms with Crippen molar-refractivity contribution in [1.29, 1.82) is 0 Å². The molecule has 0 bridgehead atoms. The molecule has 3 aromatic heterocycles. The molecule has 3 heterocycles. The molecule has 1 amide bonds. The Kier molecular flexibility index (Phi) is 4.01. The monoisotopic (exact) mass is 312 g/mol. The molecular weight excluding hydrogens is 300 g/mol. The van der Waals surface area contributed by atoms with E-state index in [1.165, 1.54) is 17.7 Å². The molecule has 0 aliphatic rings. The minimum atomic E-state index is -0.299. The maximum absolute atomic E-state index is 12.1. The van der Waals surface area contributed by atoms with Gasteiger partial charge in [0.05, 0.1) is 18.1 Å². The quantitative estimate of drug-likeness (QED) is 0.769. The van der Waals surface area contributed by atoms with Gasteiger partial charge in [-0.25, -0.2) is 19.9 Å². The van der Waals surface area contributed by atoms with Gasteiger partial charge in [-0.15, -0.1) is 11.3 Å². The molecule has 0 spiro atoms. The fourth-order valence-corrected chi connectivity index (χ4v) is 2.43. The number of pyridine rings is 1. The summed E-state index contributed by atoms with van der Waals surface area (Å²) < 4.78 is 0. The van der Waals surface area contributed by atoms with E-state index in [1.54, 1.807) is 23.8 Å². The van der Waals surface area contributed by atoms with Gasteiger partial charge < -0.3 is 10.6 Å². The maximum Gasteiger partial charge on any atom is 0.276 e. The Balaban J connectivity index is 1.69. The van der Waals surface area contributed by atoms with Gasteiger partial charge in [0.2, 0.25) is 0 Å². The van der Waals surface area contributed by atoms with Crippen LogP contribution in [0.25, 0.3) is 0 Å². The molecular formula is C14H12N6OS. The van der Waals surface area contributed by atoms with Crippen LogP contribution in [0.1, 0.15) is 16.2 Å². The van der Waals surface area contributed by atoms with Crippen molar-refractivity contribution in [2.45, 2.75) is 6.92 Å². The fraction of sp³-hybridized carbons (Fsp3) is 0.0714. The fourth-order valence-electron chi connectivity index (χ4n) is 1.72. The molecule has 2 N–H and O–H groups in total. The molecule has 8 heteroatoms. The van der Waals surface area contributed by atoms with Crippen molar-refractivity contribution in [1.82, 2.24) is 19.9 Å². The third-order valence-electron chi connectivity index (χ3n) is 2.68. The van der Waals surface area contributed by atoms with E-state index < -0.39 is 0 Å². The Morgan fingerprint density at radius 1 is 1.18 bits per heavy atom. The van der Waals surface area contributed by atoms with Gasteiger partial charge >= 0.3 is 0 Å². The van der Waals surface area contributed by atoms with Gasteiger partial charge in [-0.1, -0.05) is 6.07 Å². The molecule has 0 aliphatic heterocycles. The summed E-state index contributed by atoms with van der Waals surface area (Å²) in [6.45, 7) is 1.86. The van der Waals surface area contributed by atoms with Crippen LogP contribution in [0.15, 0.2) is 42.3 Å². The molecule has 3 aromatic rings. The lowest BCUT2D eigenvalue weighted by molar-refractivity contribution is 0.102. The lowest BCUT2D eigenvalue weighted by atomic mass is 10.3. The average Bonchev–Trinajstić information content (AvgIpc) is 2.97. The minimum Gasteiger partial charge on any atom is -0.329 e. The summed E-state index contributed by atoms with van der Waals surface area (Å²) in [4.78, 5) is 28.4. The lowest BCUT2D eigenvalue weighted by Gasteiger charge is -2.03. The van der Waals surface area contributed by atoms with Crippen LogP contribution >= 0.6 is 11.3 Å². The van der Waals surface area contributed by atoms with Crippen molar-refractivity contribution in [3.8, 4) is 0 Å². The van der Waals surface area contributed by atoms with Crippen LogP contribution in [0, 0.1) is 6.92 Å². The Labute approximate surface area is 130 Å². The van der Waals surface area contributed by atoms with Crippen molar-refractivity contribution >= 4 is 33.9 Å². The highest BCUT2D eigenvalue weighted by Crippen LogP contribution is 2.20. The molecule has 0 radical (unpaired) electrons. The maximum atomic E-state index is 12.1. The average molecular weight is 312 g/mol. The number of hydrogen-bond donors (Lipinski definition) is 2. The molecule has 110 valence electrons. The first-order valence-electron chi connectivity index (χ1n) is 6.43. The molecule has 22 heavy (non-hydrogen) atoms. The lowest BCUT2D eigenvalue weighted by Crippen LogP contribution is -2.13. The van der Waals surface area contributed by atoms with E-state index in [-0.39, 0.29) is 5.91 Å². The van der Waals surface area contributed by atoms with Crippen molar-refractivity contribution in [2.24, 2.45) is 0 Å². The molecule has 7 nitrogen and oxygen atoms in total. The summed E-state index contributed by atoms with van der Waals surface area (Å²) >= 11 is 1.33. The van der Waals surface area contributed by atoms with Crippen molar-refractivity contribution in [3.05, 3.63) is 53.7 Å². The molecule has 0 saturated carbocycles. The first kappa shape index (κ1) is 14.1. The Morgan fingerprint density at radius 2 is 2.00 bits per heavy atom. The number of nitrogens with zero attached hydrogens (tertiary/aromatic N) is 4. The van der Waals surface area contributed by atoms with Crippen LogP contribution < -0.4 is 10.6 Å². The number of rotatable bonds is 4. The summed E-state index contributed by atoms with van der Waals surface area (Å²) in [6, 6.07) is 5.43. The first-order valence-corrected chi connectivity index (χ1v) is 7.31. The Hall–Kier alpha value is -2.87. The second-order valence-corrected chi connectivity index (χ2v) is 5.27. The van der Waals surface area contributed by atoms with Crippen molar-refractivity contribution in [2.75, 3.05) is 10.6 Å². The highest BCUT2D eigenvalue weighted by atomic mass is 32.1. The van der Waals surface area contributed by atoms with Crippen LogP contribution in [-0.4, -0.2) is 25.8 Å². The van der Waals surface area contributed by atoms with E-state index in [0.717, 1.165) is 5.69 Å². The summed E-state index contributed by atoms with van der Waals surface area (Å²) in [5.41, 5.74) is 1.87. The Bertz CT molecular complexity index is 789. The van der Waals surface area contributed by atoms with E-state index in [0.29, 0.717) is 22.3 Å². The largest absolute Gasteiger partial charge is 0.329 e. The van der Waals surface area contributed by atoms with Gasteiger partial charge in [0.15, 0.2) is 5.13 Å². The molecule has 0 aromatic carbocycles. The van der Waals surface area contributed by atoms with Gasteiger partial charge in [-0.2, -0.15) is 0 Å². The van der Waals surface area contributed by atoms with E-state index in [9.17, 15) is 4.79 Å². The molecule has 0 atom stereocenters. The van der Waals surface area contributed by atoms with E-state index in [2.05, 4.69) is 30.6 Å². The number of amides is 1. The number of anilines is 3. The van der Waals surface area contributed by atoms with Crippen LogP contribution in [0.4, 0.5) is 16.6 Å². The number of carbonyl (C=O) groups excluding carboxylic acids is 1. The van der Waals surface area contributed by atoms with Crippen molar-refractivity contribution < 1.29 is 4.79 Å². The number of aryl methyl sites for hydroxylation is 1. The van der Waals surface area contributed by atoms with Crippen molar-refractivity contribution in [3.63, 3.8) is 0 Å². The number of nitrogens with one attached hydrogen (secondary N) is 2. The summed E-state index contributed by atoms with van der Waals surface area (Å²) in [5.74, 6) is 0.204. The summed E-state index contributed by atoms with van der Waals surface area (Å²) in [7, 11) is 0. The number of aromatic nitrogens is 4. The topological polar surface area (TPSA) is 92.7 Å². The summed E-state index contributed by atoms with van der Waals surface area (Å²) in [5, 5.41) is 8.03. The number of carbonyl (C=O) groups is 1. The third kappa shape index (κ3) is 3.41. The highest BCUT2D eigenvalue weighted by Gasteiger charge is 2.12. The highest BCUT2D eigenvalue weighted by molar-refractivity contribution is 7.14. The zero-order chi connectivity index (χ0) is 15.4. The molecule has 0 saturated heterocycles. The predicted molar refractivity (Wildman–Crippen MR) is 84.4 cm³/mol. The molecule has 0 aliphatic carbocycles. The van der Waals surface area contributed by atoms with E-state index in [1.807, 2.05) is 19.1 Å². The molecule has 0 fully saturated rings. The van der Waals surface area contributed by atoms with E-state index in [4.69, 9.17) is 0 Å². The van der Waals surface area contributed by atoms with Crippen LogP contribution in [-0.2, 0) is 0 Å². The van der Waals surface area contributed by atoms with Crippen LogP contribution in [0.2, 0.25) is 0 Å². The SMILES string of the molecule is Cc1cccc(NC(=O)c2csc(Nc3cncnc3)n2)n1. The van der Waals surface area contributed by atoms with Crippen LogP contribution in [0.5, 0.6) is 0 Å². The zero-order valence-electron chi connectivity index (χ0n) is 11.6. The second kappa shape index (κ2) is 6.27. The number of hydrogen-bond acceptors (Lipinski definition) is 7. The van der Waals surface area contributed by atoms with E-state index >= 15 is 0 Å². The first-order chi connectivity index (χ1) is 10.7. The second-order valence-electron chi connectivity index (χ2n) is 4.41. The Morgan fingerprint density at radius 3 is 2.77 bits per heavy atom. The van der Waals surface area contributed by atoms with Gasteiger partial charge in [0, 0.05) is 11.1 Å². The predicted octanol–water partition coefficient (Wildman–Crippen LogP) is 2.63. The van der Waals surface area contributed by atoms with Gasteiger partial charge in [-0.3, -0.25) is 4.79 Å². The smallest absolute Gasteiger partial charge is 0.276 e. The van der Waals surface area contributed by atoms with Gasteiger partial charge in [0.1, 0.15) is 17.8 Å².